The molecule has 0 amide bonds. The Kier molecular flexibility index (Phi) is 17.0. The molecule has 2 aliphatic rings. The van der Waals surface area contributed by atoms with Crippen molar-refractivity contribution in [3.05, 3.63) is 59.8 Å². The average molecular weight is 661 g/mol. The lowest BCUT2D eigenvalue weighted by molar-refractivity contribution is -0.157. The molecule has 11 unspecified atom stereocenters. The zero-order chi connectivity index (χ0) is 35.3. The summed E-state index contributed by atoms with van der Waals surface area (Å²) in [4.78, 5) is 26.1. The van der Waals surface area contributed by atoms with Crippen molar-refractivity contribution in [3.8, 4) is 0 Å². The van der Waals surface area contributed by atoms with Crippen LogP contribution in [-0.4, -0.2) is 83.2 Å². The van der Waals surface area contributed by atoms with E-state index in [-0.39, 0.29) is 30.5 Å². The van der Waals surface area contributed by atoms with Crippen molar-refractivity contribution >= 4 is 11.8 Å². The van der Waals surface area contributed by atoms with Crippen LogP contribution in [0.15, 0.2) is 59.8 Å². The van der Waals surface area contributed by atoms with Gasteiger partial charge in [-0.05, 0) is 52.7 Å². The Morgan fingerprint density at radius 2 is 1.85 bits per heavy atom. The number of methoxy groups -OCH3 is 1. The molecule has 266 valence electrons. The smallest absolute Gasteiger partial charge is 0.331 e. The molecule has 0 aromatic carbocycles. The highest BCUT2D eigenvalue weighted by Crippen LogP contribution is 2.36. The standard InChI is InChI=1S/C38H60O9/c1-10-11-12-15-32-30-21-24(2)14-13-16-33(44-9)36(28(6)35(42)27(5)31(40)19-18-26(4)29(7)39)47-34(41)20-17-25(3)22-38(8,37(30)43)46-23-45-32/h13-14,16-20,22,26-30,32-33,35-37,39,42-43H,10-12,15,21,23H2,1-9H3/b16-13?,19-18+,20-17?,24-14?,25-22?. The number of hydrogen-bond donors (Lipinski definition) is 3. The van der Waals surface area contributed by atoms with E-state index < -0.39 is 53.9 Å². The number of rotatable bonds is 12. The van der Waals surface area contributed by atoms with E-state index in [1.807, 2.05) is 39.0 Å². The number of ether oxygens (including phenoxy) is 4. The quantitative estimate of drug-likeness (QED) is 0.135. The van der Waals surface area contributed by atoms with Gasteiger partial charge in [-0.15, -0.1) is 0 Å². The summed E-state index contributed by atoms with van der Waals surface area (Å²) in [6.45, 7) is 14.7. The van der Waals surface area contributed by atoms with E-state index in [0.29, 0.717) is 12.0 Å². The zero-order valence-electron chi connectivity index (χ0n) is 29.9. The van der Waals surface area contributed by atoms with Crippen LogP contribution in [0.25, 0.3) is 0 Å². The normalized spacial score (nSPS) is 31.2. The average Bonchev–Trinajstić information content (AvgIpc) is 3.13. The van der Waals surface area contributed by atoms with Crippen LogP contribution >= 0.6 is 0 Å². The van der Waals surface area contributed by atoms with Crippen LogP contribution in [0.1, 0.15) is 87.5 Å². The monoisotopic (exact) mass is 660 g/mol. The van der Waals surface area contributed by atoms with Crippen LogP contribution in [0.5, 0.6) is 0 Å². The number of carbonyl (C=O) groups excluding carboxylic acids is 2. The van der Waals surface area contributed by atoms with Crippen LogP contribution in [0.4, 0.5) is 0 Å². The van der Waals surface area contributed by atoms with Crippen LogP contribution in [-0.2, 0) is 28.5 Å². The Balaban J connectivity index is 2.48. The van der Waals surface area contributed by atoms with Crippen molar-refractivity contribution < 1.29 is 43.9 Å². The molecule has 2 aliphatic heterocycles. The third-order valence-electron chi connectivity index (χ3n) is 9.64. The molecule has 9 heteroatoms. The van der Waals surface area contributed by atoms with E-state index in [0.717, 1.165) is 31.3 Å². The number of ketones is 1. The summed E-state index contributed by atoms with van der Waals surface area (Å²) in [7, 11) is 1.50. The lowest BCUT2D eigenvalue weighted by Gasteiger charge is -2.36. The molecule has 1 saturated heterocycles. The lowest BCUT2D eigenvalue weighted by atomic mass is 9.79. The van der Waals surface area contributed by atoms with Gasteiger partial charge in [-0.1, -0.05) is 88.5 Å². The topological polar surface area (TPSA) is 132 Å². The second-order valence-corrected chi connectivity index (χ2v) is 13.7. The minimum atomic E-state index is -1.15. The molecule has 0 aromatic heterocycles. The third kappa shape index (κ3) is 12.2. The van der Waals surface area contributed by atoms with Crippen molar-refractivity contribution in [3.63, 3.8) is 0 Å². The van der Waals surface area contributed by atoms with E-state index in [4.69, 9.17) is 18.9 Å². The van der Waals surface area contributed by atoms with Gasteiger partial charge in [0, 0.05) is 36.9 Å². The molecule has 3 N–H and O–H groups in total. The number of carbonyl (C=O) groups is 2. The first-order valence-corrected chi connectivity index (χ1v) is 17.1. The van der Waals surface area contributed by atoms with Crippen LogP contribution in [0, 0.1) is 23.7 Å². The van der Waals surface area contributed by atoms with E-state index in [2.05, 4.69) is 6.92 Å². The second kappa shape index (κ2) is 19.6. The van der Waals surface area contributed by atoms with Crippen molar-refractivity contribution in [2.75, 3.05) is 13.9 Å². The summed E-state index contributed by atoms with van der Waals surface area (Å²) < 4.78 is 24.0. The first-order chi connectivity index (χ1) is 22.1. The summed E-state index contributed by atoms with van der Waals surface area (Å²) >= 11 is 0. The minimum Gasteiger partial charge on any atom is -0.456 e. The molecule has 11 atom stereocenters. The molecule has 0 radical (unpaired) electrons. The molecule has 0 spiro atoms. The highest BCUT2D eigenvalue weighted by atomic mass is 16.7. The van der Waals surface area contributed by atoms with Crippen LogP contribution < -0.4 is 0 Å². The number of fused-ring (bicyclic) bond motifs is 2. The molecule has 0 aromatic rings. The minimum absolute atomic E-state index is 0.0484. The van der Waals surface area contributed by atoms with E-state index in [1.165, 1.54) is 19.3 Å². The number of unbranched alkanes of at least 4 members (excludes halogenated alkanes) is 2. The Hall–Kier alpha value is -2.40. The Morgan fingerprint density at radius 1 is 1.15 bits per heavy atom. The van der Waals surface area contributed by atoms with Gasteiger partial charge in [0.15, 0.2) is 5.78 Å². The van der Waals surface area contributed by atoms with Crippen molar-refractivity contribution in [2.24, 2.45) is 23.7 Å². The van der Waals surface area contributed by atoms with Crippen molar-refractivity contribution in [1.29, 1.82) is 0 Å². The fourth-order valence-corrected chi connectivity index (χ4v) is 6.16. The summed E-state index contributed by atoms with van der Waals surface area (Å²) in [5, 5.41) is 32.8. The Labute approximate surface area is 282 Å². The van der Waals surface area contributed by atoms with Gasteiger partial charge in [0.05, 0.1) is 24.4 Å². The van der Waals surface area contributed by atoms with Gasteiger partial charge in [-0.25, -0.2) is 4.79 Å². The Morgan fingerprint density at radius 3 is 2.49 bits per heavy atom. The van der Waals surface area contributed by atoms with Gasteiger partial charge in [-0.2, -0.15) is 0 Å². The number of cyclic esters (lactones) is 1. The van der Waals surface area contributed by atoms with Gasteiger partial charge in [0.1, 0.15) is 24.6 Å². The fourth-order valence-electron chi connectivity index (χ4n) is 6.16. The molecule has 47 heavy (non-hydrogen) atoms. The summed E-state index contributed by atoms with van der Waals surface area (Å²) in [5.74, 6) is -2.88. The molecular formula is C38H60O9. The molecule has 2 rings (SSSR count). The van der Waals surface area contributed by atoms with Crippen LogP contribution in [0.3, 0.4) is 0 Å². The van der Waals surface area contributed by atoms with Crippen LogP contribution in [0.2, 0.25) is 0 Å². The molecule has 2 heterocycles. The predicted octanol–water partition coefficient (Wildman–Crippen LogP) is 5.79. The Bertz CT molecular complexity index is 1150. The third-order valence-corrected chi connectivity index (χ3v) is 9.64. The number of esters is 1. The van der Waals surface area contributed by atoms with Gasteiger partial charge in [0.2, 0.25) is 0 Å². The highest BCUT2D eigenvalue weighted by Gasteiger charge is 2.44. The predicted molar refractivity (Wildman–Crippen MR) is 183 cm³/mol. The van der Waals surface area contributed by atoms with Gasteiger partial charge >= 0.3 is 5.97 Å². The number of hydrogen-bond acceptors (Lipinski definition) is 9. The van der Waals surface area contributed by atoms with Gasteiger partial charge < -0.3 is 34.3 Å². The molecule has 9 nitrogen and oxygen atoms in total. The lowest BCUT2D eigenvalue weighted by Crippen LogP contribution is -2.46. The summed E-state index contributed by atoms with van der Waals surface area (Å²) in [6.07, 6.45) is 13.4. The maximum absolute atomic E-state index is 13.2. The summed E-state index contributed by atoms with van der Waals surface area (Å²) in [5.41, 5.74) is 0.652. The molecule has 0 saturated carbocycles. The fraction of sp³-hybridized carbons (Fsp3) is 0.684. The maximum Gasteiger partial charge on any atom is 0.331 e. The highest BCUT2D eigenvalue weighted by molar-refractivity contribution is 5.92. The van der Waals surface area contributed by atoms with Gasteiger partial charge in [0.25, 0.3) is 0 Å². The number of allylic oxidation sites excluding steroid dienone is 6. The van der Waals surface area contributed by atoms with Crippen molar-refractivity contribution in [1.82, 2.24) is 0 Å². The maximum atomic E-state index is 13.2. The first-order valence-electron chi connectivity index (χ1n) is 17.1. The van der Waals surface area contributed by atoms with E-state index in [1.54, 1.807) is 45.9 Å². The van der Waals surface area contributed by atoms with Gasteiger partial charge in [-0.3, -0.25) is 4.79 Å². The number of aliphatic hydroxyl groups is 3. The largest absolute Gasteiger partial charge is 0.456 e. The zero-order valence-corrected chi connectivity index (χ0v) is 29.9. The molecular weight excluding hydrogens is 600 g/mol. The first kappa shape index (κ1) is 40.8. The SMILES string of the molecule is CCCCCC1OCOC2(C)C=C(C)C=CC(=O)OC(C(C)C(O)C(C)C(=O)/C=C/C(C)C(C)O)C(OC)C=CC=C(C)CC1C2O. The van der Waals surface area contributed by atoms with E-state index >= 15 is 0 Å². The molecule has 2 bridgehead atoms. The molecule has 0 aliphatic carbocycles. The number of aliphatic hydroxyl groups excluding tert-OH is 3. The molecule has 1 fully saturated rings. The van der Waals surface area contributed by atoms with E-state index in [9.17, 15) is 24.9 Å². The summed E-state index contributed by atoms with van der Waals surface area (Å²) in [6, 6.07) is 0. The second-order valence-electron chi connectivity index (χ2n) is 13.7. The van der Waals surface area contributed by atoms with Crippen molar-refractivity contribution in [2.45, 2.75) is 130 Å².